The Morgan fingerprint density at radius 3 is 2.88 bits per heavy atom. The van der Waals surface area contributed by atoms with Gasteiger partial charge in [0.05, 0.1) is 5.69 Å². The van der Waals surface area contributed by atoms with Crippen molar-refractivity contribution in [3.8, 4) is 0 Å². The van der Waals surface area contributed by atoms with Crippen LogP contribution < -0.4 is 4.90 Å². The van der Waals surface area contributed by atoms with Gasteiger partial charge in [-0.1, -0.05) is 12.2 Å². The smallest absolute Gasteiger partial charge is 0.285 e. The second-order valence-corrected chi connectivity index (χ2v) is 6.74. The highest BCUT2D eigenvalue weighted by molar-refractivity contribution is 14.1. The van der Waals surface area contributed by atoms with Gasteiger partial charge in [-0.05, 0) is 47.7 Å². The quantitative estimate of drug-likeness (QED) is 0.600. The van der Waals surface area contributed by atoms with E-state index in [0.717, 1.165) is 9.14 Å². The molecule has 4 nitrogen and oxygen atoms in total. The molecule has 1 aromatic carbocycles. The molecule has 17 heavy (non-hydrogen) atoms. The van der Waals surface area contributed by atoms with Crippen molar-refractivity contribution in [2.75, 3.05) is 11.4 Å². The number of anilines is 1. The van der Waals surface area contributed by atoms with E-state index in [4.69, 9.17) is 0 Å². The van der Waals surface area contributed by atoms with Gasteiger partial charge in [-0.15, -0.1) is 4.40 Å². The molecule has 2 rings (SSSR count). The van der Waals surface area contributed by atoms with Crippen LogP contribution in [0, 0.1) is 3.57 Å². The van der Waals surface area contributed by atoms with Gasteiger partial charge >= 0.3 is 0 Å². The second-order valence-electron chi connectivity index (χ2n) is 3.89. The average Bonchev–Trinajstić information content (AvgIpc) is 2.22. The predicted octanol–water partition coefficient (Wildman–Crippen LogP) is 2.40. The fourth-order valence-corrected chi connectivity index (χ4v) is 3.37. The van der Waals surface area contributed by atoms with Crippen LogP contribution in [0.2, 0.25) is 0 Å². The predicted molar refractivity (Wildman–Crippen MR) is 77.0 cm³/mol. The van der Waals surface area contributed by atoms with Crippen LogP contribution >= 0.6 is 22.6 Å². The van der Waals surface area contributed by atoms with Crippen molar-refractivity contribution in [2.45, 2.75) is 11.8 Å². The van der Waals surface area contributed by atoms with Gasteiger partial charge in [0, 0.05) is 10.1 Å². The maximum atomic E-state index is 11.8. The lowest BCUT2D eigenvalue weighted by atomic mass is 10.2. The first-order valence-corrected chi connectivity index (χ1v) is 7.43. The third-order valence-electron chi connectivity index (χ3n) is 2.27. The molecule has 0 amide bonds. The Hall–Kier alpha value is -0.890. The molecular weight excluding hydrogens is 351 g/mol. The first-order chi connectivity index (χ1) is 7.90. The van der Waals surface area contributed by atoms with E-state index in [2.05, 4.69) is 33.6 Å². The summed E-state index contributed by atoms with van der Waals surface area (Å²) in [4.78, 5) is 2.04. The molecule has 1 aromatic rings. The maximum absolute atomic E-state index is 11.8. The van der Waals surface area contributed by atoms with Crippen molar-refractivity contribution in [3.05, 3.63) is 33.9 Å². The zero-order valence-corrected chi connectivity index (χ0v) is 12.2. The van der Waals surface area contributed by atoms with Crippen molar-refractivity contribution < 1.29 is 8.42 Å². The summed E-state index contributed by atoms with van der Waals surface area (Å²) in [6.45, 7) is 6.28. The van der Waals surface area contributed by atoms with Crippen molar-refractivity contribution >= 4 is 44.6 Å². The molecule has 0 saturated heterocycles. The van der Waals surface area contributed by atoms with Crippen LogP contribution in [-0.4, -0.2) is 21.3 Å². The topological polar surface area (TPSA) is 49.7 Å². The zero-order chi connectivity index (χ0) is 12.6. The molecule has 1 aliphatic rings. The number of hydrogen-bond donors (Lipinski definition) is 0. The van der Waals surface area contributed by atoms with Gasteiger partial charge in [0.25, 0.3) is 10.0 Å². The highest BCUT2D eigenvalue weighted by atomic mass is 127. The minimum atomic E-state index is -3.54. The molecule has 0 fully saturated rings. The molecule has 0 spiro atoms. The largest absolute Gasteiger partial charge is 0.326 e. The van der Waals surface area contributed by atoms with Crippen molar-refractivity contribution in [1.29, 1.82) is 0 Å². The maximum Gasteiger partial charge on any atom is 0.285 e. The highest BCUT2D eigenvalue weighted by Crippen LogP contribution is 2.31. The van der Waals surface area contributed by atoms with Gasteiger partial charge in [0.15, 0.2) is 0 Å². The number of fused-ring (bicyclic) bond motifs is 1. The minimum Gasteiger partial charge on any atom is -0.326 e. The number of nitrogens with zero attached hydrogens (tertiary/aromatic N) is 2. The third-order valence-corrected chi connectivity index (χ3v) is 4.20. The lowest BCUT2D eigenvalue weighted by Gasteiger charge is -2.25. The molecule has 0 N–H and O–H groups in total. The molecule has 0 aliphatic carbocycles. The summed E-state index contributed by atoms with van der Waals surface area (Å²) in [5.41, 5.74) is 1.60. The van der Waals surface area contributed by atoms with Crippen LogP contribution in [0.15, 0.2) is 39.6 Å². The first kappa shape index (κ1) is 12.6. The number of sulfonamides is 1. The van der Waals surface area contributed by atoms with Crippen LogP contribution in [-0.2, 0) is 10.0 Å². The summed E-state index contributed by atoms with van der Waals surface area (Å²) >= 11 is 2.08. The van der Waals surface area contributed by atoms with E-state index in [9.17, 15) is 8.42 Å². The molecule has 0 unspecified atom stereocenters. The molecule has 1 aliphatic heterocycles. The van der Waals surface area contributed by atoms with Gasteiger partial charge in [-0.3, -0.25) is 0 Å². The highest BCUT2D eigenvalue weighted by Gasteiger charge is 2.25. The molecule has 0 saturated carbocycles. The summed E-state index contributed by atoms with van der Waals surface area (Å²) in [5, 5.41) is 0. The second kappa shape index (κ2) is 4.41. The monoisotopic (exact) mass is 362 g/mol. The number of hydrogen-bond acceptors (Lipinski definition) is 3. The first-order valence-electron chi connectivity index (χ1n) is 4.91. The van der Waals surface area contributed by atoms with E-state index < -0.39 is 10.0 Å². The molecule has 90 valence electrons. The van der Waals surface area contributed by atoms with E-state index in [1.165, 1.54) is 6.34 Å². The van der Waals surface area contributed by atoms with Gasteiger partial charge in [0.1, 0.15) is 11.2 Å². The van der Waals surface area contributed by atoms with Gasteiger partial charge in [0.2, 0.25) is 0 Å². The summed E-state index contributed by atoms with van der Waals surface area (Å²) in [7, 11) is -3.54. The lowest BCUT2D eigenvalue weighted by Crippen LogP contribution is -2.28. The Morgan fingerprint density at radius 2 is 2.24 bits per heavy atom. The summed E-state index contributed by atoms with van der Waals surface area (Å²) in [5.74, 6) is 0. The minimum absolute atomic E-state index is 0.258. The average molecular weight is 362 g/mol. The third kappa shape index (κ3) is 2.52. The van der Waals surface area contributed by atoms with Crippen molar-refractivity contribution in [3.63, 3.8) is 0 Å². The van der Waals surface area contributed by atoms with Crippen molar-refractivity contribution in [2.24, 2.45) is 4.40 Å². The van der Waals surface area contributed by atoms with Crippen LogP contribution in [0.3, 0.4) is 0 Å². The fraction of sp³-hybridized carbons (Fsp3) is 0.182. The van der Waals surface area contributed by atoms with Crippen molar-refractivity contribution in [1.82, 2.24) is 0 Å². The Balaban J connectivity index is 2.57. The van der Waals surface area contributed by atoms with E-state index in [-0.39, 0.29) is 4.90 Å². The van der Waals surface area contributed by atoms with Gasteiger partial charge in [-0.2, -0.15) is 8.42 Å². The Bertz CT molecular complexity index is 608. The Labute approximate surface area is 114 Å². The van der Waals surface area contributed by atoms with E-state index in [0.29, 0.717) is 12.2 Å². The Kier molecular flexibility index (Phi) is 3.26. The summed E-state index contributed by atoms with van der Waals surface area (Å²) in [6, 6.07) is 5.30. The number of halogens is 1. The fourth-order valence-electron chi connectivity index (χ4n) is 1.59. The number of benzene rings is 1. The van der Waals surface area contributed by atoms with E-state index in [1.54, 1.807) is 17.0 Å². The van der Waals surface area contributed by atoms with Crippen LogP contribution in [0.25, 0.3) is 0 Å². The molecule has 1 heterocycles. The van der Waals surface area contributed by atoms with Crippen LogP contribution in [0.4, 0.5) is 5.69 Å². The molecule has 0 bridgehead atoms. The molecule has 0 aromatic heterocycles. The molecule has 0 radical (unpaired) electrons. The zero-order valence-electron chi connectivity index (χ0n) is 9.22. The van der Waals surface area contributed by atoms with E-state index in [1.807, 2.05) is 13.0 Å². The summed E-state index contributed by atoms with van der Waals surface area (Å²) < 4.78 is 28.1. The van der Waals surface area contributed by atoms with Gasteiger partial charge < -0.3 is 4.90 Å². The molecular formula is C11H11IN2O2S. The molecule has 0 atom stereocenters. The summed E-state index contributed by atoms with van der Waals surface area (Å²) in [6.07, 6.45) is 1.35. The standard InChI is InChI=1S/C11H11IN2O2S/c1-8(2)6-14-7-13-17(15,16)11-5-9(12)3-4-10(11)14/h3-5,7H,1,6H2,2H3. The number of rotatable bonds is 2. The lowest BCUT2D eigenvalue weighted by molar-refractivity contribution is 0.597. The molecule has 6 heteroatoms. The normalized spacial score (nSPS) is 16.7. The van der Waals surface area contributed by atoms with Gasteiger partial charge in [-0.25, -0.2) is 0 Å². The van der Waals surface area contributed by atoms with Crippen LogP contribution in [0.5, 0.6) is 0 Å². The van der Waals surface area contributed by atoms with Crippen LogP contribution in [0.1, 0.15) is 6.92 Å². The Morgan fingerprint density at radius 1 is 1.53 bits per heavy atom. The SMILES string of the molecule is C=C(C)CN1C=NS(=O)(=O)c2cc(I)ccc21. The van der Waals surface area contributed by atoms with E-state index >= 15 is 0 Å².